The average molecular weight is 545 g/mol. The number of fused-ring (bicyclic) bond motifs is 9. The van der Waals surface area contributed by atoms with Crippen LogP contribution >= 0.6 is 11.3 Å². The lowest BCUT2D eigenvalue weighted by atomic mass is 10.1. The number of hydrogen-bond acceptors (Lipinski definition) is 4. The summed E-state index contributed by atoms with van der Waals surface area (Å²) in [5, 5.41) is 6.17. The molecule has 0 aliphatic heterocycles. The van der Waals surface area contributed by atoms with E-state index in [0.717, 1.165) is 38.4 Å². The zero-order valence-corrected chi connectivity index (χ0v) is 22.5. The van der Waals surface area contributed by atoms with Crippen molar-refractivity contribution in [3.8, 4) is 11.6 Å². The normalized spacial score (nSPS) is 12.0. The molecule has 5 aromatic carbocycles. The van der Waals surface area contributed by atoms with Gasteiger partial charge in [0.1, 0.15) is 0 Å². The van der Waals surface area contributed by atoms with Gasteiger partial charge in [-0.15, -0.1) is 11.3 Å². The lowest BCUT2D eigenvalue weighted by Gasteiger charge is -2.13. The molecule has 5 nitrogen and oxygen atoms in total. The van der Waals surface area contributed by atoms with Gasteiger partial charge >= 0.3 is 0 Å². The first-order chi connectivity index (χ1) is 20.3. The Labute approximate surface area is 237 Å². The predicted molar refractivity (Wildman–Crippen MR) is 170 cm³/mol. The van der Waals surface area contributed by atoms with Crippen LogP contribution in [0.5, 0.6) is 0 Å². The van der Waals surface area contributed by atoms with Crippen molar-refractivity contribution in [3.05, 3.63) is 132 Å². The van der Waals surface area contributed by atoms with Crippen molar-refractivity contribution in [2.24, 2.45) is 0 Å². The number of benzene rings is 5. The van der Waals surface area contributed by atoms with E-state index in [0.29, 0.717) is 16.9 Å². The van der Waals surface area contributed by atoms with E-state index in [9.17, 15) is 4.79 Å². The van der Waals surface area contributed by atoms with Crippen LogP contribution in [0, 0.1) is 0 Å². The molecule has 9 aromatic rings. The van der Waals surface area contributed by atoms with E-state index in [1.54, 1.807) is 10.8 Å². The number of thiophene rings is 1. The maximum absolute atomic E-state index is 13.9. The van der Waals surface area contributed by atoms with Crippen LogP contribution in [0.15, 0.2) is 126 Å². The number of aromatic nitrogens is 4. The van der Waals surface area contributed by atoms with E-state index >= 15 is 0 Å². The van der Waals surface area contributed by atoms with Crippen LogP contribution in [0.3, 0.4) is 0 Å². The second kappa shape index (κ2) is 8.34. The SMILES string of the molecule is O=c1c2cnc(-n3c4ccccc4c4cc5sc6ccccc6c5cc43)nc2c2ccccc2n1-c1ccccc1. The quantitative estimate of drug-likeness (QED) is 0.205. The molecule has 0 spiro atoms. The minimum atomic E-state index is -0.134. The molecule has 0 saturated heterocycles. The Hall–Kier alpha value is -5.33. The first-order valence-electron chi connectivity index (χ1n) is 13.5. The number of nitrogens with zero attached hydrogens (tertiary/aromatic N) is 4. The molecule has 0 saturated carbocycles. The molecule has 0 aliphatic rings. The van der Waals surface area contributed by atoms with E-state index in [1.165, 1.54) is 20.2 Å². The van der Waals surface area contributed by atoms with Gasteiger partial charge in [-0.3, -0.25) is 13.9 Å². The van der Waals surface area contributed by atoms with Crippen molar-refractivity contribution in [2.45, 2.75) is 0 Å². The van der Waals surface area contributed by atoms with Gasteiger partial charge < -0.3 is 0 Å². The van der Waals surface area contributed by atoms with Crippen molar-refractivity contribution in [1.82, 2.24) is 19.1 Å². The number of rotatable bonds is 2. The molecule has 0 amide bonds. The Morgan fingerprint density at radius 3 is 2.05 bits per heavy atom. The summed E-state index contributed by atoms with van der Waals surface area (Å²) in [4.78, 5) is 23.8. The summed E-state index contributed by atoms with van der Waals surface area (Å²) in [7, 11) is 0. The Bertz CT molecular complexity index is 2560. The van der Waals surface area contributed by atoms with Gasteiger partial charge in [0, 0.05) is 48.2 Å². The first-order valence-corrected chi connectivity index (χ1v) is 14.3. The third-order valence-corrected chi connectivity index (χ3v) is 9.13. The molecule has 0 radical (unpaired) electrons. The molecule has 9 rings (SSSR count). The largest absolute Gasteiger partial charge is 0.278 e. The standard InChI is InChI=1S/C35H20N4OS/c40-34-27-20-36-35(37-33(27)24-14-5-8-16-29(24)38(34)21-10-2-1-3-11-21)39-28-15-7-4-12-22(28)25-19-32-26(18-30(25)39)23-13-6-9-17-31(23)41-32/h1-20H. The van der Waals surface area contributed by atoms with E-state index in [1.807, 2.05) is 72.0 Å². The summed E-state index contributed by atoms with van der Waals surface area (Å²) in [5.74, 6) is 0.546. The van der Waals surface area contributed by atoms with Crippen molar-refractivity contribution >= 4 is 75.1 Å². The maximum Gasteiger partial charge on any atom is 0.266 e. The second-order valence-corrected chi connectivity index (χ2v) is 11.3. The van der Waals surface area contributed by atoms with Gasteiger partial charge in [0.25, 0.3) is 5.56 Å². The van der Waals surface area contributed by atoms with E-state index in [4.69, 9.17) is 9.97 Å². The van der Waals surface area contributed by atoms with Gasteiger partial charge in [-0.2, -0.15) is 0 Å². The molecule has 0 aliphatic carbocycles. The first kappa shape index (κ1) is 22.5. The van der Waals surface area contributed by atoms with Crippen LogP contribution < -0.4 is 5.56 Å². The fraction of sp³-hybridized carbons (Fsp3) is 0. The zero-order valence-electron chi connectivity index (χ0n) is 21.7. The Balaban J connectivity index is 1.39. The third-order valence-electron chi connectivity index (χ3n) is 8.00. The molecule has 0 unspecified atom stereocenters. The summed E-state index contributed by atoms with van der Waals surface area (Å²) in [6.45, 7) is 0. The van der Waals surface area contributed by atoms with Crippen molar-refractivity contribution < 1.29 is 0 Å². The van der Waals surface area contributed by atoms with Gasteiger partial charge in [-0.05, 0) is 42.5 Å². The highest BCUT2D eigenvalue weighted by molar-refractivity contribution is 7.25. The molecule has 4 aromatic heterocycles. The molecular weight excluding hydrogens is 524 g/mol. The molecular formula is C35H20N4OS. The van der Waals surface area contributed by atoms with Gasteiger partial charge in [0.2, 0.25) is 5.95 Å². The molecule has 192 valence electrons. The lowest BCUT2D eigenvalue weighted by Crippen LogP contribution is -2.20. The highest BCUT2D eigenvalue weighted by Gasteiger charge is 2.19. The van der Waals surface area contributed by atoms with E-state index < -0.39 is 0 Å². The van der Waals surface area contributed by atoms with Crippen LogP contribution in [0.1, 0.15) is 0 Å². The Kier molecular flexibility index (Phi) is 4.57. The molecule has 0 bridgehead atoms. The minimum Gasteiger partial charge on any atom is -0.278 e. The van der Waals surface area contributed by atoms with Crippen LogP contribution in [0.25, 0.3) is 75.4 Å². The monoisotopic (exact) mass is 544 g/mol. The molecule has 0 atom stereocenters. The molecule has 0 N–H and O–H groups in total. The summed E-state index contributed by atoms with van der Waals surface area (Å²) in [6, 6.07) is 39.2. The summed E-state index contributed by atoms with van der Waals surface area (Å²) >= 11 is 1.82. The molecule has 6 heteroatoms. The maximum atomic E-state index is 13.9. The number of pyridine rings is 1. The van der Waals surface area contributed by atoms with Crippen molar-refractivity contribution in [3.63, 3.8) is 0 Å². The minimum absolute atomic E-state index is 0.134. The van der Waals surface area contributed by atoms with Gasteiger partial charge in [0.15, 0.2) is 0 Å². The molecule has 4 heterocycles. The average Bonchev–Trinajstić information content (AvgIpc) is 3.55. The topological polar surface area (TPSA) is 52.7 Å². The van der Waals surface area contributed by atoms with Gasteiger partial charge in [-0.25, -0.2) is 9.97 Å². The van der Waals surface area contributed by atoms with E-state index in [-0.39, 0.29) is 5.56 Å². The van der Waals surface area contributed by atoms with Crippen LogP contribution in [-0.4, -0.2) is 19.1 Å². The van der Waals surface area contributed by atoms with E-state index in [2.05, 4.69) is 59.2 Å². The van der Waals surface area contributed by atoms with Crippen molar-refractivity contribution in [2.75, 3.05) is 0 Å². The summed E-state index contributed by atoms with van der Waals surface area (Å²) < 4.78 is 6.41. The van der Waals surface area contributed by atoms with Crippen LogP contribution in [0.4, 0.5) is 0 Å². The van der Waals surface area contributed by atoms with Gasteiger partial charge in [-0.1, -0.05) is 72.8 Å². The fourth-order valence-electron chi connectivity index (χ4n) is 6.18. The third kappa shape index (κ3) is 3.13. The van der Waals surface area contributed by atoms with Crippen molar-refractivity contribution in [1.29, 1.82) is 0 Å². The Morgan fingerprint density at radius 1 is 0.537 bits per heavy atom. The smallest absolute Gasteiger partial charge is 0.266 e. The predicted octanol–water partition coefficient (Wildman–Crippen LogP) is 8.40. The summed E-state index contributed by atoms with van der Waals surface area (Å²) in [6.07, 6.45) is 1.69. The Morgan fingerprint density at radius 2 is 1.22 bits per heavy atom. The zero-order chi connectivity index (χ0) is 27.1. The van der Waals surface area contributed by atoms with Crippen LogP contribution in [-0.2, 0) is 0 Å². The molecule has 0 fully saturated rings. The lowest BCUT2D eigenvalue weighted by molar-refractivity contribution is 1.00. The highest BCUT2D eigenvalue weighted by Crippen LogP contribution is 2.40. The van der Waals surface area contributed by atoms with Crippen LogP contribution in [0.2, 0.25) is 0 Å². The fourth-order valence-corrected chi connectivity index (χ4v) is 7.30. The number of hydrogen-bond donors (Lipinski definition) is 0. The summed E-state index contributed by atoms with van der Waals surface area (Å²) in [5.41, 5.74) is 4.22. The molecule has 41 heavy (non-hydrogen) atoms. The van der Waals surface area contributed by atoms with Gasteiger partial charge in [0.05, 0.1) is 27.5 Å². The second-order valence-electron chi connectivity index (χ2n) is 10.2. The highest BCUT2D eigenvalue weighted by atomic mass is 32.1. The number of para-hydroxylation sites is 3.